The maximum Gasteiger partial charge on any atom is 0.296 e. The summed E-state index contributed by atoms with van der Waals surface area (Å²) in [5.74, 6) is -0.375. The van der Waals surface area contributed by atoms with Crippen LogP contribution in [0.15, 0.2) is 82.5 Å². The molecule has 0 fully saturated rings. The largest absolute Gasteiger partial charge is 0.503 e. The zero-order chi connectivity index (χ0) is 29.4. The summed E-state index contributed by atoms with van der Waals surface area (Å²) in [6.07, 6.45) is 1.86. The maximum atomic E-state index is 14.0. The number of amides is 1. The number of fused-ring (bicyclic) bond motifs is 2. The minimum Gasteiger partial charge on any atom is -0.503 e. The second-order valence-electron chi connectivity index (χ2n) is 9.76. The minimum atomic E-state index is -1.01. The number of aromatic nitrogens is 1. The van der Waals surface area contributed by atoms with Crippen molar-refractivity contribution < 1.29 is 33.3 Å². The van der Waals surface area contributed by atoms with Gasteiger partial charge >= 0.3 is 0 Å². The summed E-state index contributed by atoms with van der Waals surface area (Å²) in [7, 11) is 3.10. The molecule has 0 aliphatic carbocycles. The predicted molar refractivity (Wildman–Crippen MR) is 160 cm³/mol. The monoisotopic (exact) mass is 584 g/mol. The molecule has 1 aliphatic heterocycles. The van der Waals surface area contributed by atoms with Gasteiger partial charge in [-0.1, -0.05) is 48.9 Å². The third kappa shape index (κ3) is 4.73. The highest BCUT2D eigenvalue weighted by atomic mass is 32.1. The average molecular weight is 585 g/mol. The number of rotatable bonds is 10. The van der Waals surface area contributed by atoms with Crippen LogP contribution in [0, 0.1) is 0 Å². The van der Waals surface area contributed by atoms with Crippen LogP contribution in [0.3, 0.4) is 0 Å². The van der Waals surface area contributed by atoms with Crippen molar-refractivity contribution in [3.8, 4) is 17.2 Å². The second-order valence-corrected chi connectivity index (χ2v) is 10.8. The molecular formula is C32H28N2O7S. The van der Waals surface area contributed by atoms with E-state index in [1.165, 1.54) is 23.3 Å². The lowest BCUT2D eigenvalue weighted by Gasteiger charge is -2.25. The summed E-state index contributed by atoms with van der Waals surface area (Å²) >= 11 is 1.25. The number of thiazole rings is 1. The fraction of sp³-hybridized carbons (Fsp3) is 0.219. The molecule has 214 valence electrons. The van der Waals surface area contributed by atoms with Crippen LogP contribution in [0.2, 0.25) is 0 Å². The highest BCUT2D eigenvalue weighted by molar-refractivity contribution is 7.22. The topological polar surface area (TPSA) is 111 Å². The Bertz CT molecular complexity index is 1820. The van der Waals surface area contributed by atoms with E-state index >= 15 is 0 Å². The zero-order valence-corrected chi connectivity index (χ0v) is 24.1. The summed E-state index contributed by atoms with van der Waals surface area (Å²) in [6.45, 7) is 2.60. The lowest BCUT2D eigenvalue weighted by molar-refractivity contribution is -0.117. The van der Waals surface area contributed by atoms with Crippen LogP contribution >= 0.6 is 11.3 Å². The van der Waals surface area contributed by atoms with Crippen molar-refractivity contribution in [1.82, 2.24) is 4.98 Å². The van der Waals surface area contributed by atoms with E-state index in [2.05, 4.69) is 11.9 Å². The Morgan fingerprint density at radius 3 is 2.64 bits per heavy atom. The molecule has 10 heteroatoms. The summed E-state index contributed by atoms with van der Waals surface area (Å²) in [5.41, 5.74) is 1.59. The van der Waals surface area contributed by atoms with Crippen molar-refractivity contribution in [3.63, 3.8) is 0 Å². The van der Waals surface area contributed by atoms with Crippen molar-refractivity contribution in [2.75, 3.05) is 25.7 Å². The Balaban J connectivity index is 1.48. The Kier molecular flexibility index (Phi) is 7.30. The van der Waals surface area contributed by atoms with Crippen LogP contribution in [-0.4, -0.2) is 42.6 Å². The molecule has 0 radical (unpaired) electrons. The first-order valence-corrected chi connectivity index (χ1v) is 14.3. The van der Waals surface area contributed by atoms with Gasteiger partial charge in [0.25, 0.3) is 5.91 Å². The number of carbonyl (C=O) groups is 2. The van der Waals surface area contributed by atoms with Crippen molar-refractivity contribution in [2.45, 2.75) is 25.8 Å². The number of benzene rings is 3. The van der Waals surface area contributed by atoms with Gasteiger partial charge in [-0.25, -0.2) is 4.98 Å². The number of ether oxygens (including phenoxy) is 3. The van der Waals surface area contributed by atoms with E-state index in [-0.39, 0.29) is 11.3 Å². The fourth-order valence-electron chi connectivity index (χ4n) is 5.00. The molecule has 3 heterocycles. The van der Waals surface area contributed by atoms with Crippen LogP contribution in [-0.2, 0) is 4.79 Å². The molecule has 1 unspecified atom stereocenters. The molecule has 1 amide bonds. The Morgan fingerprint density at radius 2 is 1.88 bits per heavy atom. The van der Waals surface area contributed by atoms with Crippen molar-refractivity contribution in [3.05, 3.63) is 89.4 Å². The van der Waals surface area contributed by atoms with Gasteiger partial charge in [0.1, 0.15) is 11.3 Å². The third-order valence-electron chi connectivity index (χ3n) is 7.15. The number of ketones is 1. The smallest absolute Gasteiger partial charge is 0.296 e. The number of unbranched alkanes of at least 4 members (excludes halogenated alkanes) is 1. The van der Waals surface area contributed by atoms with Gasteiger partial charge in [-0.15, -0.1) is 0 Å². The van der Waals surface area contributed by atoms with Crippen molar-refractivity contribution in [1.29, 1.82) is 0 Å². The number of aliphatic hydroxyl groups excluding tert-OH is 1. The molecule has 1 N–H and O–H groups in total. The third-order valence-corrected chi connectivity index (χ3v) is 8.17. The number of methoxy groups -OCH3 is 2. The summed E-state index contributed by atoms with van der Waals surface area (Å²) < 4.78 is 23.5. The lowest BCUT2D eigenvalue weighted by atomic mass is 9.95. The molecule has 0 spiro atoms. The van der Waals surface area contributed by atoms with Crippen molar-refractivity contribution in [2.24, 2.45) is 0 Å². The van der Waals surface area contributed by atoms with Gasteiger partial charge in [-0.2, -0.15) is 0 Å². The van der Waals surface area contributed by atoms with Crippen LogP contribution < -0.4 is 19.1 Å². The van der Waals surface area contributed by atoms with Crippen LogP contribution in [0.1, 0.15) is 41.9 Å². The van der Waals surface area contributed by atoms with Crippen LogP contribution in [0.5, 0.6) is 17.2 Å². The molecule has 6 rings (SSSR count). The molecule has 9 nitrogen and oxygen atoms in total. The first-order valence-electron chi connectivity index (χ1n) is 13.5. The predicted octanol–water partition coefficient (Wildman–Crippen LogP) is 7.02. The van der Waals surface area contributed by atoms with Gasteiger partial charge in [0.15, 0.2) is 28.1 Å². The van der Waals surface area contributed by atoms with Gasteiger partial charge in [-0.05, 0) is 54.4 Å². The summed E-state index contributed by atoms with van der Waals surface area (Å²) in [5, 5.41) is 12.3. The molecule has 2 aromatic heterocycles. The molecule has 0 bridgehead atoms. The van der Waals surface area contributed by atoms with E-state index < -0.39 is 23.5 Å². The molecule has 42 heavy (non-hydrogen) atoms. The van der Waals surface area contributed by atoms with E-state index in [0.717, 1.165) is 22.9 Å². The van der Waals surface area contributed by atoms with Crippen LogP contribution in [0.25, 0.3) is 21.2 Å². The lowest BCUT2D eigenvalue weighted by Crippen LogP contribution is -2.31. The number of Topliss-reactive ketones (excluding diaryl/α,β-unsaturated/α-hetero) is 1. The number of hydrogen-bond acceptors (Lipinski definition) is 9. The zero-order valence-electron chi connectivity index (χ0n) is 23.2. The molecular weight excluding hydrogens is 556 g/mol. The van der Waals surface area contributed by atoms with Gasteiger partial charge in [0.2, 0.25) is 5.78 Å². The molecule has 3 aromatic carbocycles. The Hall–Kier alpha value is -4.83. The van der Waals surface area contributed by atoms with Gasteiger partial charge in [0.05, 0.1) is 42.7 Å². The number of para-hydroxylation sites is 1. The van der Waals surface area contributed by atoms with E-state index in [0.29, 0.717) is 45.7 Å². The number of nitrogens with zero attached hydrogens (tertiary/aromatic N) is 2. The van der Waals surface area contributed by atoms with Gasteiger partial charge in [0, 0.05) is 5.39 Å². The Morgan fingerprint density at radius 1 is 1.05 bits per heavy atom. The highest BCUT2D eigenvalue weighted by Gasteiger charge is 2.47. The van der Waals surface area contributed by atoms with E-state index in [4.69, 9.17) is 18.6 Å². The first-order chi connectivity index (χ1) is 20.4. The molecule has 1 atom stereocenters. The average Bonchev–Trinajstić information content (AvgIpc) is 3.70. The number of aliphatic hydroxyl groups is 1. The standard InChI is InChI=1S/C32H28N2O7S/c1-4-5-14-40-23-13-10-19(16-24(23)39-3)28-27(29(35)25-15-18-8-6-7-9-22(18)41-25)30(36)31(37)34(28)32-33-21-12-11-20(38-2)17-26(21)42-32/h6-13,15-17,28,36H,4-5,14H2,1-3H3. The number of furan rings is 1. The van der Waals surface area contributed by atoms with Gasteiger partial charge in [-0.3, -0.25) is 14.5 Å². The summed E-state index contributed by atoms with van der Waals surface area (Å²) in [4.78, 5) is 33.8. The van der Waals surface area contributed by atoms with E-state index in [1.54, 1.807) is 55.6 Å². The van der Waals surface area contributed by atoms with Crippen molar-refractivity contribution >= 4 is 49.3 Å². The van der Waals surface area contributed by atoms with E-state index in [1.807, 2.05) is 18.2 Å². The van der Waals surface area contributed by atoms with Gasteiger partial charge < -0.3 is 23.7 Å². The molecule has 5 aromatic rings. The van der Waals surface area contributed by atoms with Crippen LogP contribution in [0.4, 0.5) is 5.13 Å². The Labute approximate surface area is 245 Å². The minimum absolute atomic E-state index is 0.0120. The summed E-state index contributed by atoms with van der Waals surface area (Å²) in [6, 6.07) is 18.4. The normalized spacial score (nSPS) is 15.2. The second kappa shape index (κ2) is 11.2. The maximum absolute atomic E-state index is 14.0. The number of carbonyl (C=O) groups excluding carboxylic acids is 2. The molecule has 1 aliphatic rings. The quantitative estimate of drug-likeness (QED) is 0.138. The fourth-order valence-corrected chi connectivity index (χ4v) is 6.02. The SMILES string of the molecule is CCCCOc1ccc(C2C(C(=O)c3cc4ccccc4o3)=C(O)C(=O)N2c2nc3ccc(OC)cc3s2)cc1OC. The number of anilines is 1. The number of hydrogen-bond donors (Lipinski definition) is 1. The molecule has 0 saturated heterocycles. The molecule has 0 saturated carbocycles. The first kappa shape index (κ1) is 27.3. The van der Waals surface area contributed by atoms with E-state index in [9.17, 15) is 14.7 Å². The highest BCUT2D eigenvalue weighted by Crippen LogP contribution is 2.46.